The summed E-state index contributed by atoms with van der Waals surface area (Å²) in [5.41, 5.74) is 0.362. The second kappa shape index (κ2) is 4.36. The van der Waals surface area contributed by atoms with Gasteiger partial charge in [0.2, 0.25) is 5.91 Å². The molecule has 0 radical (unpaired) electrons. The van der Waals surface area contributed by atoms with E-state index in [1.807, 2.05) is 5.32 Å². The standard InChI is InChI=1S/C12H12F2N2O2/c1-6-5-8(13)11(10(14)7(6)2)16-4-3-9(17)15-12(16)18/h5H,3-4H2,1-2H3,(H,15,17,18). The Morgan fingerprint density at radius 1 is 1.28 bits per heavy atom. The van der Waals surface area contributed by atoms with Crippen molar-refractivity contribution < 1.29 is 18.4 Å². The number of carbonyl (C=O) groups excluding carboxylic acids is 2. The number of amides is 3. The van der Waals surface area contributed by atoms with Crippen LogP contribution in [0.2, 0.25) is 0 Å². The first kappa shape index (κ1) is 12.5. The molecule has 1 aliphatic rings. The Labute approximate surface area is 103 Å². The van der Waals surface area contributed by atoms with Gasteiger partial charge in [-0.3, -0.25) is 15.0 Å². The van der Waals surface area contributed by atoms with Crippen molar-refractivity contribution in [2.45, 2.75) is 20.3 Å². The van der Waals surface area contributed by atoms with Gasteiger partial charge in [-0.1, -0.05) is 0 Å². The van der Waals surface area contributed by atoms with Gasteiger partial charge in [0.25, 0.3) is 0 Å². The molecule has 0 atom stereocenters. The second-order valence-electron chi connectivity index (χ2n) is 4.22. The summed E-state index contributed by atoms with van der Waals surface area (Å²) in [7, 11) is 0. The zero-order valence-electron chi connectivity index (χ0n) is 10.0. The number of imide groups is 1. The molecule has 0 unspecified atom stereocenters. The largest absolute Gasteiger partial charge is 0.328 e. The average Bonchev–Trinajstić information content (AvgIpc) is 2.29. The Kier molecular flexibility index (Phi) is 3.02. The summed E-state index contributed by atoms with van der Waals surface area (Å²) in [5, 5.41) is 2.03. The molecule has 3 amide bonds. The van der Waals surface area contributed by atoms with Crippen LogP contribution >= 0.6 is 0 Å². The Bertz CT molecular complexity index is 543. The summed E-state index contributed by atoms with van der Waals surface area (Å²) in [6, 6.07) is 0.379. The summed E-state index contributed by atoms with van der Waals surface area (Å²) >= 11 is 0. The van der Waals surface area contributed by atoms with Crippen molar-refractivity contribution in [3.8, 4) is 0 Å². The minimum absolute atomic E-state index is 0.0253. The Hall–Kier alpha value is -1.98. The summed E-state index contributed by atoms with van der Waals surface area (Å²) in [4.78, 5) is 23.5. The Balaban J connectivity index is 2.48. The lowest BCUT2D eigenvalue weighted by atomic mass is 10.1. The van der Waals surface area contributed by atoms with Crippen molar-refractivity contribution in [1.82, 2.24) is 5.32 Å². The quantitative estimate of drug-likeness (QED) is 0.833. The molecule has 1 fully saturated rings. The van der Waals surface area contributed by atoms with E-state index in [4.69, 9.17) is 0 Å². The van der Waals surface area contributed by atoms with Crippen molar-refractivity contribution in [3.05, 3.63) is 28.8 Å². The highest BCUT2D eigenvalue weighted by molar-refractivity contribution is 6.05. The first-order valence-electron chi connectivity index (χ1n) is 5.48. The number of hydrogen-bond donors (Lipinski definition) is 1. The molecular formula is C12H12F2N2O2. The van der Waals surface area contributed by atoms with Crippen LogP contribution in [0.3, 0.4) is 0 Å². The van der Waals surface area contributed by atoms with Gasteiger partial charge in [0.1, 0.15) is 11.5 Å². The molecule has 1 saturated heterocycles. The van der Waals surface area contributed by atoms with Crippen LogP contribution in [0.5, 0.6) is 0 Å². The predicted octanol–water partition coefficient (Wildman–Crippen LogP) is 2.03. The fourth-order valence-corrected chi connectivity index (χ4v) is 1.85. The zero-order valence-corrected chi connectivity index (χ0v) is 10.0. The van der Waals surface area contributed by atoms with E-state index in [2.05, 4.69) is 0 Å². The third-order valence-corrected chi connectivity index (χ3v) is 3.02. The number of rotatable bonds is 1. The lowest BCUT2D eigenvalue weighted by molar-refractivity contribution is -0.120. The van der Waals surface area contributed by atoms with Gasteiger partial charge in [-0.25, -0.2) is 13.6 Å². The van der Waals surface area contributed by atoms with Crippen molar-refractivity contribution in [2.24, 2.45) is 0 Å². The normalized spacial score (nSPS) is 15.9. The van der Waals surface area contributed by atoms with Crippen LogP contribution in [-0.4, -0.2) is 18.5 Å². The number of anilines is 1. The maximum absolute atomic E-state index is 14.0. The number of urea groups is 1. The molecule has 6 heteroatoms. The summed E-state index contributed by atoms with van der Waals surface area (Å²) in [6.45, 7) is 3.08. The summed E-state index contributed by atoms with van der Waals surface area (Å²) in [6.07, 6.45) is 0.0253. The van der Waals surface area contributed by atoms with Crippen molar-refractivity contribution >= 4 is 17.6 Å². The first-order chi connectivity index (χ1) is 8.41. The molecule has 0 aromatic heterocycles. The molecule has 2 rings (SSSR count). The molecule has 0 saturated carbocycles. The Morgan fingerprint density at radius 3 is 2.56 bits per heavy atom. The summed E-state index contributed by atoms with van der Waals surface area (Å²) in [5.74, 6) is -2.02. The maximum atomic E-state index is 14.0. The van der Waals surface area contributed by atoms with E-state index in [1.165, 1.54) is 13.0 Å². The van der Waals surface area contributed by atoms with Crippen LogP contribution in [0.15, 0.2) is 6.07 Å². The summed E-state index contributed by atoms with van der Waals surface area (Å²) < 4.78 is 27.8. The van der Waals surface area contributed by atoms with Gasteiger partial charge in [0, 0.05) is 13.0 Å². The van der Waals surface area contributed by atoms with E-state index in [-0.39, 0.29) is 18.5 Å². The van der Waals surface area contributed by atoms with Gasteiger partial charge in [-0.05, 0) is 31.0 Å². The van der Waals surface area contributed by atoms with Crippen LogP contribution in [0, 0.1) is 25.5 Å². The number of carbonyl (C=O) groups is 2. The number of halogens is 2. The van der Waals surface area contributed by atoms with Gasteiger partial charge < -0.3 is 0 Å². The van der Waals surface area contributed by atoms with E-state index < -0.39 is 29.3 Å². The lowest BCUT2D eigenvalue weighted by Gasteiger charge is -2.27. The highest BCUT2D eigenvalue weighted by atomic mass is 19.1. The van der Waals surface area contributed by atoms with Crippen LogP contribution in [-0.2, 0) is 4.79 Å². The molecule has 96 valence electrons. The van der Waals surface area contributed by atoms with E-state index in [9.17, 15) is 18.4 Å². The number of aryl methyl sites for hydroxylation is 1. The maximum Gasteiger partial charge on any atom is 0.328 e. The fraction of sp³-hybridized carbons (Fsp3) is 0.333. The molecule has 1 aromatic rings. The van der Waals surface area contributed by atoms with Gasteiger partial charge in [0.05, 0.1) is 0 Å². The molecule has 1 aliphatic heterocycles. The van der Waals surface area contributed by atoms with Gasteiger partial charge in [-0.2, -0.15) is 0 Å². The van der Waals surface area contributed by atoms with Crippen molar-refractivity contribution in [2.75, 3.05) is 11.4 Å². The topological polar surface area (TPSA) is 49.4 Å². The fourth-order valence-electron chi connectivity index (χ4n) is 1.85. The van der Waals surface area contributed by atoms with Crippen LogP contribution in [0.4, 0.5) is 19.3 Å². The lowest BCUT2D eigenvalue weighted by Crippen LogP contribution is -2.50. The SMILES string of the molecule is Cc1cc(F)c(N2CCC(=O)NC2=O)c(F)c1C. The zero-order chi connectivity index (χ0) is 13.4. The smallest absolute Gasteiger partial charge is 0.288 e. The molecule has 0 bridgehead atoms. The Morgan fingerprint density at radius 2 is 1.94 bits per heavy atom. The number of benzene rings is 1. The second-order valence-corrected chi connectivity index (χ2v) is 4.22. The average molecular weight is 254 g/mol. The van der Waals surface area contributed by atoms with Gasteiger partial charge >= 0.3 is 6.03 Å². The van der Waals surface area contributed by atoms with Crippen molar-refractivity contribution in [3.63, 3.8) is 0 Å². The molecular weight excluding hydrogens is 242 g/mol. The molecule has 0 spiro atoms. The number of nitrogens with one attached hydrogen (secondary N) is 1. The van der Waals surface area contributed by atoms with Crippen molar-refractivity contribution in [1.29, 1.82) is 0 Å². The molecule has 4 nitrogen and oxygen atoms in total. The third kappa shape index (κ3) is 1.94. The minimum atomic E-state index is -0.805. The van der Waals surface area contributed by atoms with E-state index in [0.29, 0.717) is 5.56 Å². The first-order valence-corrected chi connectivity index (χ1v) is 5.48. The number of nitrogens with zero attached hydrogens (tertiary/aromatic N) is 1. The molecule has 1 heterocycles. The predicted molar refractivity (Wildman–Crippen MR) is 61.3 cm³/mol. The van der Waals surface area contributed by atoms with E-state index in [1.54, 1.807) is 6.92 Å². The van der Waals surface area contributed by atoms with Crippen LogP contribution < -0.4 is 10.2 Å². The molecule has 18 heavy (non-hydrogen) atoms. The van der Waals surface area contributed by atoms with E-state index >= 15 is 0 Å². The minimum Gasteiger partial charge on any atom is -0.288 e. The third-order valence-electron chi connectivity index (χ3n) is 3.02. The highest BCUT2D eigenvalue weighted by Crippen LogP contribution is 2.29. The highest BCUT2D eigenvalue weighted by Gasteiger charge is 2.29. The van der Waals surface area contributed by atoms with E-state index in [0.717, 1.165) is 4.90 Å². The van der Waals surface area contributed by atoms with Gasteiger partial charge in [-0.15, -0.1) is 0 Å². The monoisotopic (exact) mass is 254 g/mol. The molecule has 1 aromatic carbocycles. The molecule has 0 aliphatic carbocycles. The van der Waals surface area contributed by atoms with Crippen LogP contribution in [0.25, 0.3) is 0 Å². The number of hydrogen-bond acceptors (Lipinski definition) is 2. The molecule has 1 N–H and O–H groups in total. The van der Waals surface area contributed by atoms with Crippen LogP contribution in [0.1, 0.15) is 17.5 Å². The van der Waals surface area contributed by atoms with Gasteiger partial charge in [0.15, 0.2) is 5.82 Å².